The molecule has 11 nitrogen and oxygen atoms in total. The number of fused-ring (bicyclic) bond motifs is 1. The number of methoxy groups -OCH3 is 2. The van der Waals surface area contributed by atoms with E-state index in [-0.39, 0.29) is 16.7 Å². The summed E-state index contributed by atoms with van der Waals surface area (Å²) in [7, 11) is 2.98. The van der Waals surface area contributed by atoms with Crippen molar-refractivity contribution in [2.75, 3.05) is 20.8 Å². The van der Waals surface area contributed by atoms with E-state index >= 15 is 0 Å². The number of nitro benzene ring substituents is 1. The number of rotatable bonds is 7. The van der Waals surface area contributed by atoms with E-state index in [4.69, 9.17) is 14.2 Å². The number of benzene rings is 2. The first kappa shape index (κ1) is 25.6. The molecular formula is C25H22N3O8S-. The third-order valence-corrected chi connectivity index (χ3v) is 6.70. The molecule has 3 aromatic rings. The number of nitro groups is 1. The molecule has 0 spiro atoms. The molecule has 2 heterocycles. The molecular weight excluding hydrogens is 502 g/mol. The Hall–Kier alpha value is -4.45. The molecule has 0 radical (unpaired) electrons. The predicted molar refractivity (Wildman–Crippen MR) is 132 cm³/mol. The summed E-state index contributed by atoms with van der Waals surface area (Å²) in [5.74, 6) is -0.461. The quantitative estimate of drug-likeness (QED) is 0.258. The first-order chi connectivity index (χ1) is 17.7. The summed E-state index contributed by atoms with van der Waals surface area (Å²) in [4.78, 5) is 41.9. The molecule has 1 aromatic heterocycles. The van der Waals surface area contributed by atoms with E-state index in [9.17, 15) is 24.8 Å². The standard InChI is InChI=1S/C25H23N3O8S/c1-5-36-24(31)21-13(2)26-25-27(22(21)15-7-9-18(34-3)19(12-15)35-4)23(30)20(37-25)11-14-6-8-17(29)16(10-14)28(32)33/h6-12,22,29H,5H2,1-4H3/p-1/b20-11-/t22-/m1/s1. The molecule has 0 saturated heterocycles. The molecule has 0 bridgehead atoms. The van der Waals surface area contributed by atoms with Crippen molar-refractivity contribution in [3.63, 3.8) is 0 Å². The van der Waals surface area contributed by atoms with Crippen LogP contribution in [0.4, 0.5) is 5.69 Å². The van der Waals surface area contributed by atoms with Gasteiger partial charge in [0.2, 0.25) is 0 Å². The molecule has 12 heteroatoms. The highest BCUT2D eigenvalue weighted by Crippen LogP contribution is 2.36. The van der Waals surface area contributed by atoms with Crippen LogP contribution in [0.25, 0.3) is 6.08 Å². The van der Waals surface area contributed by atoms with E-state index in [2.05, 4.69) is 4.99 Å². The topological polar surface area (TPSA) is 145 Å². The van der Waals surface area contributed by atoms with Gasteiger partial charge < -0.3 is 19.3 Å². The SMILES string of the molecule is CCOC(=O)C1=C(C)N=c2s/c(=C\c3ccc([O-])c([N+](=O)[O-])c3)c(=O)n2[C@@H]1c1ccc(OC)c(OC)c1. The van der Waals surface area contributed by atoms with Crippen molar-refractivity contribution < 1.29 is 29.0 Å². The van der Waals surface area contributed by atoms with Gasteiger partial charge in [0.05, 0.1) is 47.6 Å². The van der Waals surface area contributed by atoms with E-state index in [1.807, 2.05) is 0 Å². The monoisotopic (exact) mass is 524 g/mol. The van der Waals surface area contributed by atoms with Gasteiger partial charge in [-0.05, 0) is 48.9 Å². The van der Waals surface area contributed by atoms with Crippen LogP contribution in [0.5, 0.6) is 17.2 Å². The summed E-state index contributed by atoms with van der Waals surface area (Å²) in [6, 6.07) is 7.78. The first-order valence-corrected chi connectivity index (χ1v) is 11.9. The van der Waals surface area contributed by atoms with E-state index < -0.39 is 33.9 Å². The van der Waals surface area contributed by atoms with Crippen molar-refractivity contribution in [1.82, 2.24) is 4.57 Å². The molecule has 4 rings (SSSR count). The van der Waals surface area contributed by atoms with Gasteiger partial charge in [-0.15, -0.1) is 0 Å². The fourth-order valence-corrected chi connectivity index (χ4v) is 5.09. The fourth-order valence-electron chi connectivity index (χ4n) is 4.05. The van der Waals surface area contributed by atoms with Crippen molar-refractivity contribution in [3.8, 4) is 17.2 Å². The number of aromatic nitrogens is 1. The van der Waals surface area contributed by atoms with Gasteiger partial charge in [-0.1, -0.05) is 29.5 Å². The minimum atomic E-state index is -0.879. The highest BCUT2D eigenvalue weighted by Gasteiger charge is 2.34. The molecule has 0 fully saturated rings. The highest BCUT2D eigenvalue weighted by atomic mass is 32.1. The Kier molecular flexibility index (Phi) is 7.11. The van der Waals surface area contributed by atoms with Crippen molar-refractivity contribution in [3.05, 3.63) is 88.6 Å². The van der Waals surface area contributed by atoms with E-state index in [0.29, 0.717) is 33.1 Å². The lowest BCUT2D eigenvalue weighted by atomic mass is 9.95. The molecule has 0 amide bonds. The van der Waals surface area contributed by atoms with Crippen LogP contribution in [-0.2, 0) is 9.53 Å². The zero-order valence-electron chi connectivity index (χ0n) is 20.3. The minimum Gasteiger partial charge on any atom is -0.868 e. The Morgan fingerprint density at radius 1 is 1.19 bits per heavy atom. The number of nitrogens with zero attached hydrogens (tertiary/aromatic N) is 3. The highest BCUT2D eigenvalue weighted by molar-refractivity contribution is 7.07. The second-order valence-corrected chi connectivity index (χ2v) is 8.91. The normalized spacial score (nSPS) is 15.1. The molecule has 0 aliphatic carbocycles. The molecule has 2 aromatic carbocycles. The van der Waals surface area contributed by atoms with Crippen molar-refractivity contribution in [2.45, 2.75) is 19.9 Å². The Morgan fingerprint density at radius 2 is 1.92 bits per heavy atom. The van der Waals surface area contributed by atoms with Crippen LogP contribution < -0.4 is 29.5 Å². The Balaban J connectivity index is 1.96. The van der Waals surface area contributed by atoms with Gasteiger partial charge in [-0.25, -0.2) is 9.79 Å². The maximum atomic E-state index is 13.7. The van der Waals surface area contributed by atoms with Gasteiger partial charge in [0, 0.05) is 6.07 Å². The minimum absolute atomic E-state index is 0.132. The third-order valence-electron chi connectivity index (χ3n) is 5.72. The zero-order chi connectivity index (χ0) is 26.9. The van der Waals surface area contributed by atoms with Gasteiger partial charge in [-0.3, -0.25) is 19.5 Å². The zero-order valence-corrected chi connectivity index (χ0v) is 21.2. The lowest BCUT2D eigenvalue weighted by Gasteiger charge is -2.25. The van der Waals surface area contributed by atoms with Crippen LogP contribution in [0.15, 0.2) is 57.5 Å². The molecule has 37 heavy (non-hydrogen) atoms. The molecule has 0 saturated carbocycles. The van der Waals surface area contributed by atoms with Crippen molar-refractivity contribution in [2.24, 2.45) is 4.99 Å². The second kappa shape index (κ2) is 10.3. The van der Waals surface area contributed by atoms with Crippen molar-refractivity contribution >= 4 is 29.1 Å². The van der Waals surface area contributed by atoms with Crippen LogP contribution in [0.2, 0.25) is 0 Å². The van der Waals surface area contributed by atoms with Gasteiger partial charge in [-0.2, -0.15) is 0 Å². The molecule has 1 aliphatic rings. The lowest BCUT2D eigenvalue weighted by molar-refractivity contribution is -0.398. The van der Waals surface area contributed by atoms with Crippen LogP contribution in [0.1, 0.15) is 31.0 Å². The molecule has 1 atom stereocenters. The van der Waals surface area contributed by atoms with Crippen LogP contribution in [-0.4, -0.2) is 36.3 Å². The van der Waals surface area contributed by atoms with E-state index in [1.54, 1.807) is 32.0 Å². The Bertz CT molecular complexity index is 1620. The average molecular weight is 525 g/mol. The number of thiazole rings is 1. The van der Waals surface area contributed by atoms with E-state index in [0.717, 1.165) is 23.5 Å². The fraction of sp³-hybridized carbons (Fsp3) is 0.240. The summed E-state index contributed by atoms with van der Waals surface area (Å²) in [6.45, 7) is 3.47. The van der Waals surface area contributed by atoms with Gasteiger partial charge in [0.25, 0.3) is 11.2 Å². The summed E-state index contributed by atoms with van der Waals surface area (Å²) in [5.41, 5.74) is 0.392. The summed E-state index contributed by atoms with van der Waals surface area (Å²) in [6.07, 6.45) is 1.45. The largest absolute Gasteiger partial charge is 0.868 e. The molecule has 192 valence electrons. The molecule has 0 N–H and O–H groups in total. The van der Waals surface area contributed by atoms with Crippen LogP contribution in [0.3, 0.4) is 0 Å². The summed E-state index contributed by atoms with van der Waals surface area (Å²) >= 11 is 1.06. The van der Waals surface area contributed by atoms with Gasteiger partial charge in [0.15, 0.2) is 16.3 Å². The van der Waals surface area contributed by atoms with E-state index in [1.165, 1.54) is 30.9 Å². The maximum absolute atomic E-state index is 13.7. The first-order valence-electron chi connectivity index (χ1n) is 11.1. The van der Waals surface area contributed by atoms with Gasteiger partial charge >= 0.3 is 5.97 Å². The number of ether oxygens (including phenoxy) is 3. The van der Waals surface area contributed by atoms with Gasteiger partial charge in [0.1, 0.15) is 0 Å². The lowest BCUT2D eigenvalue weighted by Crippen LogP contribution is -2.40. The Labute approximate surface area is 214 Å². The molecule has 1 aliphatic heterocycles. The van der Waals surface area contributed by atoms with Crippen molar-refractivity contribution in [1.29, 1.82) is 0 Å². The Morgan fingerprint density at radius 3 is 2.57 bits per heavy atom. The number of carbonyl (C=O) groups is 1. The summed E-state index contributed by atoms with van der Waals surface area (Å²) < 4.78 is 17.6. The number of hydrogen-bond acceptors (Lipinski definition) is 10. The molecule has 0 unspecified atom stereocenters. The predicted octanol–water partition coefficient (Wildman–Crippen LogP) is 1.80. The third kappa shape index (κ3) is 4.70. The average Bonchev–Trinajstić information content (AvgIpc) is 3.17. The smallest absolute Gasteiger partial charge is 0.338 e. The number of allylic oxidation sites excluding steroid dienone is 1. The van der Waals surface area contributed by atoms with Crippen LogP contribution in [0, 0.1) is 10.1 Å². The number of carbonyl (C=O) groups excluding carboxylic acids is 1. The number of esters is 1. The number of hydrogen-bond donors (Lipinski definition) is 0. The van der Waals surface area contributed by atoms with Crippen LogP contribution >= 0.6 is 11.3 Å². The summed E-state index contributed by atoms with van der Waals surface area (Å²) in [5, 5.41) is 23.0. The second-order valence-electron chi connectivity index (χ2n) is 7.90. The maximum Gasteiger partial charge on any atom is 0.338 e.